The minimum atomic E-state index is -0.252. The minimum absolute atomic E-state index is 0.252. The van der Waals surface area contributed by atoms with Crippen molar-refractivity contribution in [1.29, 1.82) is 0 Å². The molecule has 2 aromatic rings. The standard InChI is InChI=1S/C17H17FN2/c1-2-3-14-4-6-15(7-5-14)12-19-20-13-16-8-10-17(18)11-9-16/h4-13H,2-3H2,1H3/b19-12+,20-13+. The number of aryl methyl sites for hydroxylation is 1. The summed E-state index contributed by atoms with van der Waals surface area (Å²) in [5, 5.41) is 7.93. The van der Waals surface area contributed by atoms with Crippen LogP contribution in [0.15, 0.2) is 58.7 Å². The average Bonchev–Trinajstić information content (AvgIpc) is 2.47. The van der Waals surface area contributed by atoms with E-state index in [0.717, 1.165) is 24.0 Å². The molecule has 0 aliphatic heterocycles. The summed E-state index contributed by atoms with van der Waals surface area (Å²) in [6, 6.07) is 14.4. The zero-order chi connectivity index (χ0) is 14.2. The third-order valence-corrected chi connectivity index (χ3v) is 2.87. The molecule has 0 radical (unpaired) electrons. The van der Waals surface area contributed by atoms with Crippen molar-refractivity contribution in [1.82, 2.24) is 0 Å². The molecule has 102 valence electrons. The number of hydrogen-bond donors (Lipinski definition) is 0. The van der Waals surface area contributed by atoms with Gasteiger partial charge in [-0.3, -0.25) is 0 Å². The fourth-order valence-electron chi connectivity index (χ4n) is 1.81. The quantitative estimate of drug-likeness (QED) is 0.572. The van der Waals surface area contributed by atoms with Gasteiger partial charge >= 0.3 is 0 Å². The maximum Gasteiger partial charge on any atom is 0.123 e. The summed E-state index contributed by atoms with van der Waals surface area (Å²) < 4.78 is 12.7. The monoisotopic (exact) mass is 268 g/mol. The van der Waals surface area contributed by atoms with Crippen LogP contribution in [0.4, 0.5) is 4.39 Å². The molecule has 0 bridgehead atoms. The van der Waals surface area contributed by atoms with Gasteiger partial charge in [0.15, 0.2) is 0 Å². The third kappa shape index (κ3) is 4.43. The number of rotatable bonds is 5. The van der Waals surface area contributed by atoms with Crippen LogP contribution < -0.4 is 0 Å². The Morgan fingerprint density at radius 3 is 1.85 bits per heavy atom. The summed E-state index contributed by atoms with van der Waals surface area (Å²) in [5.74, 6) is -0.252. The molecular formula is C17H17FN2. The average molecular weight is 268 g/mol. The lowest BCUT2D eigenvalue weighted by atomic mass is 10.1. The van der Waals surface area contributed by atoms with Gasteiger partial charge in [-0.05, 0) is 35.2 Å². The Balaban J connectivity index is 1.94. The SMILES string of the molecule is CCCc1ccc(/C=N/N=C/c2ccc(F)cc2)cc1. The number of hydrogen-bond acceptors (Lipinski definition) is 2. The number of halogens is 1. The first-order valence-electron chi connectivity index (χ1n) is 6.69. The molecule has 2 nitrogen and oxygen atoms in total. The second-order valence-electron chi connectivity index (χ2n) is 4.53. The van der Waals surface area contributed by atoms with Crippen molar-refractivity contribution >= 4 is 12.4 Å². The van der Waals surface area contributed by atoms with Gasteiger partial charge in [0.05, 0.1) is 12.4 Å². The van der Waals surface area contributed by atoms with Crippen molar-refractivity contribution in [2.24, 2.45) is 10.2 Å². The molecule has 2 rings (SSSR count). The lowest BCUT2D eigenvalue weighted by Crippen LogP contribution is -1.85. The van der Waals surface area contributed by atoms with Crippen LogP contribution in [-0.2, 0) is 6.42 Å². The van der Waals surface area contributed by atoms with Crippen LogP contribution in [-0.4, -0.2) is 12.4 Å². The highest BCUT2D eigenvalue weighted by Crippen LogP contribution is 2.05. The first kappa shape index (κ1) is 14.1. The Bertz CT molecular complexity index is 583. The van der Waals surface area contributed by atoms with E-state index in [1.807, 2.05) is 12.1 Å². The van der Waals surface area contributed by atoms with Gasteiger partial charge in [0.2, 0.25) is 0 Å². The zero-order valence-electron chi connectivity index (χ0n) is 11.5. The van der Waals surface area contributed by atoms with E-state index in [1.165, 1.54) is 17.7 Å². The highest BCUT2D eigenvalue weighted by molar-refractivity contribution is 5.82. The molecule has 0 spiro atoms. The summed E-state index contributed by atoms with van der Waals surface area (Å²) in [6.07, 6.45) is 5.55. The van der Waals surface area contributed by atoms with Crippen LogP contribution in [0.2, 0.25) is 0 Å². The zero-order valence-corrected chi connectivity index (χ0v) is 11.5. The molecule has 0 heterocycles. The second kappa shape index (κ2) is 7.34. The molecule has 0 amide bonds. The Hall–Kier alpha value is -2.29. The molecular weight excluding hydrogens is 251 g/mol. The van der Waals surface area contributed by atoms with Crippen molar-refractivity contribution in [3.05, 3.63) is 71.0 Å². The summed E-state index contributed by atoms with van der Waals surface area (Å²) in [4.78, 5) is 0. The van der Waals surface area contributed by atoms with Gasteiger partial charge in [0, 0.05) is 0 Å². The molecule has 20 heavy (non-hydrogen) atoms. The first-order valence-corrected chi connectivity index (χ1v) is 6.69. The minimum Gasteiger partial charge on any atom is -0.207 e. The van der Waals surface area contributed by atoms with E-state index in [1.54, 1.807) is 24.6 Å². The predicted molar refractivity (Wildman–Crippen MR) is 82.0 cm³/mol. The van der Waals surface area contributed by atoms with E-state index < -0.39 is 0 Å². The lowest BCUT2D eigenvalue weighted by molar-refractivity contribution is 0.628. The summed E-state index contributed by atoms with van der Waals surface area (Å²) in [7, 11) is 0. The van der Waals surface area contributed by atoms with Gasteiger partial charge in [-0.2, -0.15) is 10.2 Å². The van der Waals surface area contributed by atoms with Crippen LogP contribution in [0.25, 0.3) is 0 Å². The predicted octanol–water partition coefficient (Wildman–Crippen LogP) is 4.23. The van der Waals surface area contributed by atoms with Gasteiger partial charge in [0.1, 0.15) is 5.82 Å². The Morgan fingerprint density at radius 2 is 1.35 bits per heavy atom. The first-order chi connectivity index (χ1) is 9.78. The van der Waals surface area contributed by atoms with Crippen molar-refractivity contribution in [2.75, 3.05) is 0 Å². The Labute approximate surface area is 118 Å². The van der Waals surface area contributed by atoms with E-state index in [-0.39, 0.29) is 5.82 Å². The largest absolute Gasteiger partial charge is 0.207 e. The number of benzene rings is 2. The molecule has 0 fully saturated rings. The molecule has 0 aliphatic rings. The van der Waals surface area contributed by atoms with Crippen LogP contribution in [0.1, 0.15) is 30.0 Å². The summed E-state index contributed by atoms with van der Waals surface area (Å²) in [5.41, 5.74) is 3.17. The summed E-state index contributed by atoms with van der Waals surface area (Å²) >= 11 is 0. The normalized spacial score (nSPS) is 11.5. The van der Waals surface area contributed by atoms with E-state index >= 15 is 0 Å². The fourth-order valence-corrected chi connectivity index (χ4v) is 1.81. The van der Waals surface area contributed by atoms with Gasteiger partial charge in [-0.1, -0.05) is 49.7 Å². The summed E-state index contributed by atoms with van der Waals surface area (Å²) in [6.45, 7) is 2.17. The van der Waals surface area contributed by atoms with Gasteiger partial charge in [-0.25, -0.2) is 4.39 Å². The molecule has 3 heteroatoms. The molecule has 0 unspecified atom stereocenters. The van der Waals surface area contributed by atoms with Crippen molar-refractivity contribution in [3.63, 3.8) is 0 Å². The van der Waals surface area contributed by atoms with Crippen molar-refractivity contribution in [2.45, 2.75) is 19.8 Å². The molecule has 0 atom stereocenters. The highest BCUT2D eigenvalue weighted by atomic mass is 19.1. The van der Waals surface area contributed by atoms with E-state index in [2.05, 4.69) is 29.3 Å². The molecule has 0 aliphatic carbocycles. The third-order valence-electron chi connectivity index (χ3n) is 2.87. The Kier molecular flexibility index (Phi) is 5.18. The van der Waals surface area contributed by atoms with Crippen LogP contribution in [0, 0.1) is 5.82 Å². The van der Waals surface area contributed by atoms with E-state index in [9.17, 15) is 4.39 Å². The highest BCUT2D eigenvalue weighted by Gasteiger charge is 1.91. The van der Waals surface area contributed by atoms with E-state index in [4.69, 9.17) is 0 Å². The molecule has 2 aromatic carbocycles. The molecule has 0 aromatic heterocycles. The molecule has 0 saturated heterocycles. The Morgan fingerprint density at radius 1 is 0.850 bits per heavy atom. The maximum atomic E-state index is 12.7. The maximum absolute atomic E-state index is 12.7. The topological polar surface area (TPSA) is 24.7 Å². The van der Waals surface area contributed by atoms with Crippen molar-refractivity contribution in [3.8, 4) is 0 Å². The fraction of sp³-hybridized carbons (Fsp3) is 0.176. The second-order valence-corrected chi connectivity index (χ2v) is 4.53. The van der Waals surface area contributed by atoms with E-state index in [0.29, 0.717) is 0 Å². The van der Waals surface area contributed by atoms with Crippen molar-refractivity contribution < 1.29 is 4.39 Å². The van der Waals surface area contributed by atoms with Gasteiger partial charge < -0.3 is 0 Å². The van der Waals surface area contributed by atoms with Crippen LogP contribution >= 0.6 is 0 Å². The van der Waals surface area contributed by atoms with Gasteiger partial charge in [-0.15, -0.1) is 0 Å². The van der Waals surface area contributed by atoms with Gasteiger partial charge in [0.25, 0.3) is 0 Å². The smallest absolute Gasteiger partial charge is 0.123 e. The van der Waals surface area contributed by atoms with Crippen LogP contribution in [0.5, 0.6) is 0 Å². The molecule has 0 saturated carbocycles. The molecule has 0 N–H and O–H groups in total. The number of nitrogens with zero attached hydrogens (tertiary/aromatic N) is 2. The lowest BCUT2D eigenvalue weighted by Gasteiger charge is -1.97. The van der Waals surface area contributed by atoms with Crippen LogP contribution in [0.3, 0.4) is 0 Å².